The average Bonchev–Trinajstić information content (AvgIpc) is 2.80. The van der Waals surface area contributed by atoms with E-state index in [0.717, 1.165) is 18.8 Å². The van der Waals surface area contributed by atoms with Crippen molar-refractivity contribution >= 4 is 16.7 Å². The number of amides is 1. The second-order valence-corrected chi connectivity index (χ2v) is 7.40. The number of nitrogens with one attached hydrogen (secondary N) is 1. The summed E-state index contributed by atoms with van der Waals surface area (Å²) in [5, 5.41) is 5.59. The van der Waals surface area contributed by atoms with Crippen LogP contribution >= 0.6 is 0 Å². The van der Waals surface area contributed by atoms with Gasteiger partial charge in [0.1, 0.15) is 5.75 Å². The second-order valence-electron chi connectivity index (χ2n) is 7.40. The minimum Gasteiger partial charge on any atom is -0.494 e. The third kappa shape index (κ3) is 4.64. The van der Waals surface area contributed by atoms with E-state index >= 15 is 0 Å². The van der Waals surface area contributed by atoms with Crippen LogP contribution in [-0.2, 0) is 4.74 Å². The van der Waals surface area contributed by atoms with E-state index in [1.807, 2.05) is 31.2 Å². The fraction of sp³-hybridized carbons (Fsp3) is 0.320. The molecule has 1 fully saturated rings. The molecule has 3 aromatic carbocycles. The fourth-order valence-corrected chi connectivity index (χ4v) is 4.03. The third-order valence-electron chi connectivity index (χ3n) is 5.55. The number of fused-ring (bicyclic) bond motifs is 1. The van der Waals surface area contributed by atoms with Crippen molar-refractivity contribution < 1.29 is 14.3 Å². The molecule has 1 aliphatic rings. The molecule has 0 aliphatic carbocycles. The SMILES string of the molecule is CCOc1ccc(C(=O)NC[C@@H](c2cccc3ccccc23)N2CCOCC2)cc1. The minimum absolute atomic E-state index is 0.0726. The van der Waals surface area contributed by atoms with Crippen molar-refractivity contribution in [2.24, 2.45) is 0 Å². The zero-order chi connectivity index (χ0) is 20.8. The number of benzene rings is 3. The summed E-state index contributed by atoms with van der Waals surface area (Å²) in [6, 6.07) is 22.2. The van der Waals surface area contributed by atoms with Gasteiger partial charge in [0.25, 0.3) is 5.91 Å². The van der Waals surface area contributed by atoms with Crippen molar-refractivity contribution in [3.8, 4) is 5.75 Å². The van der Waals surface area contributed by atoms with Crippen molar-refractivity contribution in [2.75, 3.05) is 39.5 Å². The highest BCUT2D eigenvalue weighted by Gasteiger charge is 2.24. The number of nitrogens with zero attached hydrogens (tertiary/aromatic N) is 1. The number of carbonyl (C=O) groups excluding carboxylic acids is 1. The summed E-state index contributed by atoms with van der Waals surface area (Å²) in [5.74, 6) is 0.701. The van der Waals surface area contributed by atoms with E-state index in [1.54, 1.807) is 0 Å². The summed E-state index contributed by atoms with van der Waals surface area (Å²) in [7, 11) is 0. The summed E-state index contributed by atoms with van der Waals surface area (Å²) < 4.78 is 11.0. The molecule has 0 aromatic heterocycles. The van der Waals surface area contributed by atoms with Gasteiger partial charge in [-0.3, -0.25) is 9.69 Å². The van der Waals surface area contributed by atoms with E-state index in [-0.39, 0.29) is 11.9 Å². The molecule has 3 aromatic rings. The Bertz CT molecular complexity index is 976. The number of ether oxygens (including phenoxy) is 2. The predicted molar refractivity (Wildman–Crippen MR) is 119 cm³/mol. The summed E-state index contributed by atoms with van der Waals surface area (Å²) in [4.78, 5) is 15.2. The van der Waals surface area contributed by atoms with Crippen molar-refractivity contribution in [3.05, 3.63) is 77.9 Å². The highest BCUT2D eigenvalue weighted by atomic mass is 16.5. The third-order valence-corrected chi connectivity index (χ3v) is 5.55. The molecule has 1 atom stereocenters. The molecule has 0 radical (unpaired) electrons. The van der Waals surface area contributed by atoms with E-state index < -0.39 is 0 Å². The number of hydrogen-bond donors (Lipinski definition) is 1. The number of rotatable bonds is 7. The second kappa shape index (κ2) is 9.74. The van der Waals surface area contributed by atoms with Gasteiger partial charge in [0.15, 0.2) is 0 Å². The van der Waals surface area contributed by atoms with Gasteiger partial charge in [0, 0.05) is 25.2 Å². The van der Waals surface area contributed by atoms with Crippen LogP contribution < -0.4 is 10.1 Å². The maximum Gasteiger partial charge on any atom is 0.251 e. The summed E-state index contributed by atoms with van der Waals surface area (Å²) in [6.07, 6.45) is 0. The molecule has 5 heteroatoms. The van der Waals surface area contributed by atoms with Gasteiger partial charge in [0.2, 0.25) is 0 Å². The topological polar surface area (TPSA) is 50.8 Å². The lowest BCUT2D eigenvalue weighted by molar-refractivity contribution is 0.0165. The lowest BCUT2D eigenvalue weighted by atomic mass is 9.97. The number of hydrogen-bond acceptors (Lipinski definition) is 4. The first kappa shape index (κ1) is 20.4. The van der Waals surface area contributed by atoms with Crippen molar-refractivity contribution in [2.45, 2.75) is 13.0 Å². The Kier molecular flexibility index (Phi) is 6.62. The standard InChI is InChI=1S/C25H28N2O3/c1-2-30-21-12-10-20(11-13-21)25(28)26-18-24(27-14-16-29-17-15-27)23-9-5-7-19-6-3-4-8-22(19)23/h3-13,24H,2,14-18H2,1H3,(H,26,28)/t24-/m0/s1. The summed E-state index contributed by atoms with van der Waals surface area (Å²) in [6.45, 7) is 6.24. The van der Waals surface area contributed by atoms with Crippen LogP contribution in [0.2, 0.25) is 0 Å². The van der Waals surface area contributed by atoms with Gasteiger partial charge in [-0.15, -0.1) is 0 Å². The zero-order valence-corrected chi connectivity index (χ0v) is 17.3. The number of morpholine rings is 1. The highest BCUT2D eigenvalue weighted by Crippen LogP contribution is 2.29. The molecule has 1 N–H and O–H groups in total. The van der Waals surface area contributed by atoms with Crippen LogP contribution in [0.5, 0.6) is 5.75 Å². The average molecular weight is 405 g/mol. The Balaban J connectivity index is 1.55. The van der Waals surface area contributed by atoms with Crippen molar-refractivity contribution in [3.63, 3.8) is 0 Å². The highest BCUT2D eigenvalue weighted by molar-refractivity contribution is 5.94. The van der Waals surface area contributed by atoms with Gasteiger partial charge < -0.3 is 14.8 Å². The maximum atomic E-state index is 12.8. The van der Waals surface area contributed by atoms with Crippen LogP contribution in [0.25, 0.3) is 10.8 Å². The molecule has 0 spiro atoms. The lowest BCUT2D eigenvalue weighted by Gasteiger charge is -2.35. The van der Waals surface area contributed by atoms with Crippen LogP contribution in [0, 0.1) is 0 Å². The lowest BCUT2D eigenvalue weighted by Crippen LogP contribution is -2.43. The molecular formula is C25H28N2O3. The molecule has 4 rings (SSSR count). The molecule has 0 unspecified atom stereocenters. The molecular weight excluding hydrogens is 376 g/mol. The molecule has 156 valence electrons. The zero-order valence-electron chi connectivity index (χ0n) is 17.3. The number of carbonyl (C=O) groups is 1. The van der Waals surface area contributed by atoms with Gasteiger partial charge in [-0.25, -0.2) is 0 Å². The van der Waals surface area contributed by atoms with Gasteiger partial charge in [0.05, 0.1) is 25.9 Å². The Hall–Kier alpha value is -2.89. The van der Waals surface area contributed by atoms with Crippen LogP contribution in [0.1, 0.15) is 28.9 Å². The van der Waals surface area contributed by atoms with Gasteiger partial charge in [-0.05, 0) is 47.5 Å². The monoisotopic (exact) mass is 404 g/mol. The van der Waals surface area contributed by atoms with Crippen molar-refractivity contribution in [1.29, 1.82) is 0 Å². The molecule has 30 heavy (non-hydrogen) atoms. The van der Waals surface area contributed by atoms with Crippen molar-refractivity contribution in [1.82, 2.24) is 10.2 Å². The van der Waals surface area contributed by atoms with Gasteiger partial charge >= 0.3 is 0 Å². The quantitative estimate of drug-likeness (QED) is 0.646. The minimum atomic E-state index is -0.0726. The van der Waals surface area contributed by atoms with Crippen LogP contribution in [-0.4, -0.2) is 50.3 Å². The Morgan fingerprint density at radius 1 is 1.03 bits per heavy atom. The van der Waals surface area contributed by atoms with Crippen LogP contribution in [0.4, 0.5) is 0 Å². The van der Waals surface area contributed by atoms with E-state index in [2.05, 4.69) is 52.7 Å². The van der Waals surface area contributed by atoms with Gasteiger partial charge in [-0.1, -0.05) is 42.5 Å². The van der Waals surface area contributed by atoms with Crippen LogP contribution in [0.3, 0.4) is 0 Å². The maximum absolute atomic E-state index is 12.8. The molecule has 1 saturated heterocycles. The van der Waals surface area contributed by atoms with E-state index in [0.29, 0.717) is 31.9 Å². The first-order chi connectivity index (χ1) is 14.8. The normalized spacial score (nSPS) is 15.6. The molecule has 1 aliphatic heterocycles. The van der Waals surface area contributed by atoms with E-state index in [1.165, 1.54) is 16.3 Å². The van der Waals surface area contributed by atoms with Gasteiger partial charge in [-0.2, -0.15) is 0 Å². The summed E-state index contributed by atoms with van der Waals surface area (Å²) >= 11 is 0. The first-order valence-corrected chi connectivity index (χ1v) is 10.6. The Labute approximate surface area is 177 Å². The molecule has 0 saturated carbocycles. The summed E-state index contributed by atoms with van der Waals surface area (Å²) in [5.41, 5.74) is 1.87. The largest absolute Gasteiger partial charge is 0.494 e. The Morgan fingerprint density at radius 3 is 2.53 bits per heavy atom. The fourth-order valence-electron chi connectivity index (χ4n) is 4.03. The van der Waals surface area contributed by atoms with E-state index in [9.17, 15) is 4.79 Å². The first-order valence-electron chi connectivity index (χ1n) is 10.6. The molecule has 5 nitrogen and oxygen atoms in total. The smallest absolute Gasteiger partial charge is 0.251 e. The van der Waals surface area contributed by atoms with E-state index in [4.69, 9.17) is 9.47 Å². The Morgan fingerprint density at radius 2 is 1.77 bits per heavy atom. The predicted octanol–water partition coefficient (Wildman–Crippen LogP) is 4.04. The molecule has 1 amide bonds. The van der Waals surface area contributed by atoms with Crippen LogP contribution in [0.15, 0.2) is 66.7 Å². The molecule has 1 heterocycles. The molecule has 0 bridgehead atoms.